The van der Waals surface area contributed by atoms with Crippen LogP contribution in [0.2, 0.25) is 0 Å². The van der Waals surface area contributed by atoms with Crippen molar-refractivity contribution in [1.82, 2.24) is 0 Å². The van der Waals surface area contributed by atoms with Crippen LogP contribution < -0.4 is 4.74 Å². The summed E-state index contributed by atoms with van der Waals surface area (Å²) in [5.74, 6) is 1.77. The topological polar surface area (TPSA) is 22.4 Å². The molecule has 3 heteroatoms. The number of rotatable bonds is 5. The van der Waals surface area contributed by atoms with Gasteiger partial charge in [0.2, 0.25) is 0 Å². The van der Waals surface area contributed by atoms with Gasteiger partial charge in [-0.25, -0.2) is 0 Å². The van der Waals surface area contributed by atoms with Crippen molar-refractivity contribution in [3.8, 4) is 16.9 Å². The van der Waals surface area contributed by atoms with Crippen molar-refractivity contribution in [2.75, 3.05) is 6.26 Å². The van der Waals surface area contributed by atoms with Gasteiger partial charge in [0.1, 0.15) is 18.1 Å². The first-order valence-electron chi connectivity index (χ1n) is 7.16. The Labute approximate surface area is 135 Å². The summed E-state index contributed by atoms with van der Waals surface area (Å²) in [7, 11) is 0. The van der Waals surface area contributed by atoms with E-state index >= 15 is 0 Å². The lowest BCUT2D eigenvalue weighted by Crippen LogP contribution is -1.95. The highest BCUT2D eigenvalue weighted by atomic mass is 32.2. The molecule has 0 amide bonds. The molecule has 2 nitrogen and oxygen atoms in total. The zero-order valence-electron chi connectivity index (χ0n) is 12.7. The predicted octanol–water partition coefficient (Wildman–Crippen LogP) is 5.56. The summed E-state index contributed by atoms with van der Waals surface area (Å²) in [5.41, 5.74) is 3.49. The number of furan rings is 1. The molecular weight excluding hydrogens is 292 g/mol. The molecule has 0 aliphatic rings. The van der Waals surface area contributed by atoms with Gasteiger partial charge in [-0.2, -0.15) is 0 Å². The predicted molar refractivity (Wildman–Crippen MR) is 91.4 cm³/mol. The van der Waals surface area contributed by atoms with E-state index in [0.29, 0.717) is 6.61 Å². The second-order valence-electron chi connectivity index (χ2n) is 5.04. The highest BCUT2D eigenvalue weighted by Gasteiger charge is 2.03. The molecule has 0 bridgehead atoms. The monoisotopic (exact) mass is 310 g/mol. The number of thioether (sulfide) groups is 1. The third-order valence-electron chi connectivity index (χ3n) is 3.64. The molecule has 0 aliphatic heterocycles. The number of ether oxygens (including phenoxy) is 1. The minimum Gasteiger partial charge on any atom is -0.489 e. The van der Waals surface area contributed by atoms with Crippen molar-refractivity contribution in [2.45, 2.75) is 18.4 Å². The van der Waals surface area contributed by atoms with Gasteiger partial charge in [0.25, 0.3) is 0 Å². The molecule has 1 aromatic heterocycles. The Morgan fingerprint density at radius 3 is 2.09 bits per heavy atom. The summed E-state index contributed by atoms with van der Waals surface area (Å²) in [4.78, 5) is 1.28. The van der Waals surface area contributed by atoms with Crippen molar-refractivity contribution in [3.63, 3.8) is 0 Å². The minimum absolute atomic E-state index is 0.532. The van der Waals surface area contributed by atoms with Crippen LogP contribution in [0.5, 0.6) is 5.75 Å². The zero-order valence-corrected chi connectivity index (χ0v) is 13.5. The average Bonchev–Trinajstić information content (AvgIpc) is 2.99. The average molecular weight is 310 g/mol. The molecule has 0 N–H and O–H groups in total. The Bertz CT molecular complexity index is 727. The van der Waals surface area contributed by atoms with E-state index in [1.54, 1.807) is 18.0 Å². The lowest BCUT2D eigenvalue weighted by molar-refractivity contribution is 0.303. The Morgan fingerprint density at radius 2 is 1.55 bits per heavy atom. The van der Waals surface area contributed by atoms with Gasteiger partial charge in [0, 0.05) is 10.5 Å². The van der Waals surface area contributed by atoms with Crippen molar-refractivity contribution >= 4 is 11.8 Å². The summed E-state index contributed by atoms with van der Waals surface area (Å²) in [6, 6.07) is 18.7. The number of hydrogen-bond acceptors (Lipinski definition) is 3. The van der Waals surface area contributed by atoms with Crippen molar-refractivity contribution in [2.24, 2.45) is 0 Å². The summed E-state index contributed by atoms with van der Waals surface area (Å²) in [6.07, 6.45) is 3.78. The first kappa shape index (κ1) is 14.8. The van der Waals surface area contributed by atoms with E-state index in [1.807, 2.05) is 25.1 Å². The SMILES string of the molecule is CSc1ccc(-c2ccc(OCc3ccoc3C)cc2)cc1. The van der Waals surface area contributed by atoms with E-state index in [1.165, 1.54) is 16.0 Å². The molecule has 0 aliphatic carbocycles. The van der Waals surface area contributed by atoms with Crippen molar-refractivity contribution in [3.05, 3.63) is 72.2 Å². The second kappa shape index (κ2) is 6.75. The van der Waals surface area contributed by atoms with E-state index in [4.69, 9.17) is 9.15 Å². The van der Waals surface area contributed by atoms with Gasteiger partial charge in [0.05, 0.1) is 6.26 Å². The van der Waals surface area contributed by atoms with Gasteiger partial charge < -0.3 is 9.15 Å². The standard InChI is InChI=1S/C19H18O2S/c1-14-17(11-12-20-14)13-21-18-7-3-15(4-8-18)16-5-9-19(22-2)10-6-16/h3-12H,13H2,1-2H3. The molecule has 0 saturated carbocycles. The molecule has 2 aromatic carbocycles. The number of benzene rings is 2. The third-order valence-corrected chi connectivity index (χ3v) is 4.38. The molecule has 0 saturated heterocycles. The van der Waals surface area contributed by atoms with Crippen LogP contribution in [0.1, 0.15) is 11.3 Å². The lowest BCUT2D eigenvalue weighted by Gasteiger charge is -2.07. The third kappa shape index (κ3) is 3.37. The van der Waals surface area contributed by atoms with Gasteiger partial charge >= 0.3 is 0 Å². The summed E-state index contributed by atoms with van der Waals surface area (Å²) < 4.78 is 11.1. The van der Waals surface area contributed by atoms with Crippen LogP contribution in [-0.2, 0) is 6.61 Å². The molecule has 0 atom stereocenters. The van der Waals surface area contributed by atoms with E-state index in [9.17, 15) is 0 Å². The first-order chi connectivity index (χ1) is 10.8. The number of hydrogen-bond donors (Lipinski definition) is 0. The minimum atomic E-state index is 0.532. The molecule has 1 heterocycles. The van der Waals surface area contributed by atoms with Crippen LogP contribution in [0.15, 0.2) is 70.2 Å². The molecule has 22 heavy (non-hydrogen) atoms. The fourth-order valence-electron chi connectivity index (χ4n) is 2.25. The Hall–Kier alpha value is -2.13. The maximum absolute atomic E-state index is 5.80. The van der Waals surface area contributed by atoms with Crippen LogP contribution >= 0.6 is 11.8 Å². The fourth-order valence-corrected chi connectivity index (χ4v) is 2.66. The Kier molecular flexibility index (Phi) is 4.54. The fraction of sp³-hybridized carbons (Fsp3) is 0.158. The van der Waals surface area contributed by atoms with E-state index in [2.05, 4.69) is 42.7 Å². The molecule has 0 radical (unpaired) electrons. The number of aryl methyl sites for hydroxylation is 1. The molecule has 0 unspecified atom stereocenters. The van der Waals surface area contributed by atoms with Gasteiger partial charge in [-0.3, -0.25) is 0 Å². The molecular formula is C19H18O2S. The lowest BCUT2D eigenvalue weighted by atomic mass is 10.1. The van der Waals surface area contributed by atoms with Gasteiger partial charge in [0.15, 0.2) is 0 Å². The van der Waals surface area contributed by atoms with Crippen LogP contribution in [0.3, 0.4) is 0 Å². The molecule has 3 aromatic rings. The van der Waals surface area contributed by atoms with Gasteiger partial charge in [-0.1, -0.05) is 24.3 Å². The van der Waals surface area contributed by atoms with Crippen LogP contribution in [0, 0.1) is 6.92 Å². The van der Waals surface area contributed by atoms with Gasteiger partial charge in [-0.05, 0) is 54.6 Å². The molecule has 3 rings (SSSR count). The first-order valence-corrected chi connectivity index (χ1v) is 8.39. The quantitative estimate of drug-likeness (QED) is 0.576. The maximum atomic E-state index is 5.80. The summed E-state index contributed by atoms with van der Waals surface area (Å²) in [5, 5.41) is 0. The second-order valence-corrected chi connectivity index (χ2v) is 5.92. The molecule has 0 fully saturated rings. The van der Waals surface area contributed by atoms with E-state index in [-0.39, 0.29) is 0 Å². The normalized spacial score (nSPS) is 10.6. The van der Waals surface area contributed by atoms with Crippen molar-refractivity contribution in [1.29, 1.82) is 0 Å². The highest BCUT2D eigenvalue weighted by molar-refractivity contribution is 7.98. The largest absolute Gasteiger partial charge is 0.489 e. The molecule has 112 valence electrons. The smallest absolute Gasteiger partial charge is 0.119 e. The Balaban J connectivity index is 1.68. The van der Waals surface area contributed by atoms with Crippen molar-refractivity contribution < 1.29 is 9.15 Å². The van der Waals surface area contributed by atoms with Crippen LogP contribution in [0.25, 0.3) is 11.1 Å². The van der Waals surface area contributed by atoms with Crippen LogP contribution in [0.4, 0.5) is 0 Å². The maximum Gasteiger partial charge on any atom is 0.119 e. The van der Waals surface area contributed by atoms with E-state index < -0.39 is 0 Å². The molecule has 0 spiro atoms. The zero-order chi connectivity index (χ0) is 15.4. The van der Waals surface area contributed by atoms with E-state index in [0.717, 1.165) is 17.1 Å². The van der Waals surface area contributed by atoms with Crippen LogP contribution in [-0.4, -0.2) is 6.26 Å². The summed E-state index contributed by atoms with van der Waals surface area (Å²) >= 11 is 1.75. The van der Waals surface area contributed by atoms with Gasteiger partial charge in [-0.15, -0.1) is 11.8 Å². The highest BCUT2D eigenvalue weighted by Crippen LogP contribution is 2.25. The Morgan fingerprint density at radius 1 is 0.909 bits per heavy atom. The summed E-state index contributed by atoms with van der Waals surface area (Å²) in [6.45, 7) is 2.48.